The van der Waals surface area contributed by atoms with Crippen LogP contribution in [0, 0.1) is 0 Å². The second-order valence-electron chi connectivity index (χ2n) is 6.67. The second kappa shape index (κ2) is 6.28. The van der Waals surface area contributed by atoms with E-state index in [1.165, 1.54) is 31.5 Å². The van der Waals surface area contributed by atoms with Gasteiger partial charge in [0.1, 0.15) is 18.0 Å². The van der Waals surface area contributed by atoms with Crippen LogP contribution in [0.3, 0.4) is 0 Å². The highest BCUT2D eigenvalue weighted by molar-refractivity contribution is 5.36. The molecule has 4 rings (SSSR count). The largest absolute Gasteiger partial charge is 0.356 e. The van der Waals surface area contributed by atoms with Crippen molar-refractivity contribution in [2.45, 2.75) is 44.3 Å². The first-order valence-electron chi connectivity index (χ1n) is 8.54. The van der Waals surface area contributed by atoms with Gasteiger partial charge in [0.25, 0.3) is 0 Å². The van der Waals surface area contributed by atoms with Crippen LogP contribution in [0.4, 0.5) is 5.82 Å². The molecule has 0 N–H and O–H groups in total. The molecule has 1 saturated heterocycles. The minimum Gasteiger partial charge on any atom is -0.356 e. The molecular weight excluding hydrogens is 288 g/mol. The Kier molecular flexibility index (Phi) is 3.99. The molecule has 1 aliphatic heterocycles. The fourth-order valence-corrected chi connectivity index (χ4v) is 3.50. The molecule has 2 aromatic heterocycles. The molecule has 0 radical (unpaired) electrons. The lowest BCUT2D eigenvalue weighted by molar-refractivity contribution is 0.196. The Morgan fingerprint density at radius 3 is 2.65 bits per heavy atom. The Bertz CT molecular complexity index is 628. The molecule has 3 heterocycles. The van der Waals surface area contributed by atoms with Crippen LogP contribution in [0.1, 0.15) is 37.5 Å². The molecule has 2 aliphatic rings. The average Bonchev–Trinajstić information content (AvgIpc) is 3.35. The molecule has 1 saturated carbocycles. The maximum absolute atomic E-state index is 4.57. The summed E-state index contributed by atoms with van der Waals surface area (Å²) < 4.78 is 2.37. The SMILES string of the molecule is CN(c1ccncn1)C1CCN(Cc2nccn2C2CC2)CC1. The van der Waals surface area contributed by atoms with E-state index < -0.39 is 0 Å². The van der Waals surface area contributed by atoms with Gasteiger partial charge < -0.3 is 9.47 Å². The van der Waals surface area contributed by atoms with Gasteiger partial charge in [-0.25, -0.2) is 15.0 Å². The normalized spacial score (nSPS) is 19.9. The minimum absolute atomic E-state index is 0.560. The number of rotatable bonds is 5. The molecule has 0 bridgehead atoms. The number of piperidine rings is 1. The summed E-state index contributed by atoms with van der Waals surface area (Å²) >= 11 is 0. The number of imidazole rings is 1. The van der Waals surface area contributed by atoms with Crippen LogP contribution in [0.25, 0.3) is 0 Å². The van der Waals surface area contributed by atoms with Crippen molar-refractivity contribution >= 4 is 5.82 Å². The van der Waals surface area contributed by atoms with Crippen molar-refractivity contribution in [1.29, 1.82) is 0 Å². The van der Waals surface area contributed by atoms with Gasteiger partial charge in [-0.2, -0.15) is 0 Å². The predicted molar refractivity (Wildman–Crippen MR) is 89.2 cm³/mol. The van der Waals surface area contributed by atoms with E-state index in [0.29, 0.717) is 12.1 Å². The van der Waals surface area contributed by atoms with E-state index in [9.17, 15) is 0 Å². The first-order valence-corrected chi connectivity index (χ1v) is 8.54. The number of likely N-dealkylation sites (tertiary alicyclic amines) is 1. The first-order chi connectivity index (χ1) is 11.3. The van der Waals surface area contributed by atoms with Gasteiger partial charge in [0, 0.05) is 50.8 Å². The van der Waals surface area contributed by atoms with Gasteiger partial charge in [-0.15, -0.1) is 0 Å². The van der Waals surface area contributed by atoms with E-state index in [0.717, 1.165) is 25.5 Å². The van der Waals surface area contributed by atoms with Crippen molar-refractivity contribution in [3.05, 3.63) is 36.8 Å². The molecule has 6 nitrogen and oxygen atoms in total. The van der Waals surface area contributed by atoms with E-state index in [1.54, 1.807) is 6.33 Å². The minimum atomic E-state index is 0.560. The zero-order valence-electron chi connectivity index (χ0n) is 13.7. The zero-order valence-corrected chi connectivity index (χ0v) is 13.7. The van der Waals surface area contributed by atoms with Crippen LogP contribution in [0.2, 0.25) is 0 Å². The maximum Gasteiger partial charge on any atom is 0.131 e. The van der Waals surface area contributed by atoms with Crippen LogP contribution >= 0.6 is 0 Å². The third-order valence-electron chi connectivity index (χ3n) is 5.09. The average molecular weight is 312 g/mol. The lowest BCUT2D eigenvalue weighted by Gasteiger charge is -2.37. The van der Waals surface area contributed by atoms with Crippen molar-refractivity contribution in [2.75, 3.05) is 25.0 Å². The molecule has 1 aliphatic carbocycles. The zero-order chi connectivity index (χ0) is 15.6. The van der Waals surface area contributed by atoms with Gasteiger partial charge in [-0.1, -0.05) is 0 Å². The third kappa shape index (κ3) is 3.22. The van der Waals surface area contributed by atoms with E-state index in [4.69, 9.17) is 0 Å². The molecule has 0 spiro atoms. The quantitative estimate of drug-likeness (QED) is 0.846. The number of anilines is 1. The fourth-order valence-electron chi connectivity index (χ4n) is 3.50. The monoisotopic (exact) mass is 312 g/mol. The Hall–Kier alpha value is -1.95. The summed E-state index contributed by atoms with van der Waals surface area (Å²) in [6.45, 7) is 3.22. The van der Waals surface area contributed by atoms with Gasteiger partial charge in [-0.05, 0) is 31.7 Å². The van der Waals surface area contributed by atoms with E-state index in [1.807, 2.05) is 18.5 Å². The highest BCUT2D eigenvalue weighted by Crippen LogP contribution is 2.35. The second-order valence-corrected chi connectivity index (χ2v) is 6.67. The van der Waals surface area contributed by atoms with E-state index in [-0.39, 0.29) is 0 Å². The van der Waals surface area contributed by atoms with Crippen molar-refractivity contribution in [3.8, 4) is 0 Å². The summed E-state index contributed by atoms with van der Waals surface area (Å²) in [5.41, 5.74) is 0. The lowest BCUT2D eigenvalue weighted by Crippen LogP contribution is -2.43. The van der Waals surface area contributed by atoms with Crippen LogP contribution in [0.15, 0.2) is 31.0 Å². The molecule has 0 atom stereocenters. The standard InChI is InChI=1S/C17H24N6/c1-21(16-4-7-18-13-20-16)14-5-9-22(10-6-14)12-17-19-8-11-23(17)15-2-3-15/h4,7-8,11,13-15H,2-3,5-6,9-10,12H2,1H3. The molecule has 2 aromatic rings. The first kappa shape index (κ1) is 14.6. The van der Waals surface area contributed by atoms with Crippen LogP contribution in [-0.4, -0.2) is 50.6 Å². The fraction of sp³-hybridized carbons (Fsp3) is 0.588. The van der Waals surface area contributed by atoms with Crippen LogP contribution < -0.4 is 4.90 Å². The smallest absolute Gasteiger partial charge is 0.131 e. The summed E-state index contributed by atoms with van der Waals surface area (Å²) in [5.74, 6) is 2.25. The molecule has 0 unspecified atom stereocenters. The number of nitrogens with zero attached hydrogens (tertiary/aromatic N) is 6. The highest BCUT2D eigenvalue weighted by atomic mass is 15.2. The summed E-state index contributed by atoms with van der Waals surface area (Å²) in [7, 11) is 2.14. The van der Waals surface area contributed by atoms with Gasteiger partial charge in [0.15, 0.2) is 0 Å². The predicted octanol–water partition coefficient (Wildman–Crippen LogP) is 2.11. The van der Waals surface area contributed by atoms with E-state index in [2.05, 4.69) is 42.6 Å². The Balaban J connectivity index is 1.33. The summed E-state index contributed by atoms with van der Waals surface area (Å²) in [6, 6.07) is 3.26. The van der Waals surface area contributed by atoms with Crippen LogP contribution in [-0.2, 0) is 6.54 Å². The molecule has 6 heteroatoms. The number of aromatic nitrogens is 4. The number of hydrogen-bond acceptors (Lipinski definition) is 5. The molecule has 23 heavy (non-hydrogen) atoms. The third-order valence-corrected chi connectivity index (χ3v) is 5.09. The van der Waals surface area contributed by atoms with E-state index >= 15 is 0 Å². The topological polar surface area (TPSA) is 50.1 Å². The number of hydrogen-bond donors (Lipinski definition) is 0. The van der Waals surface area contributed by atoms with Crippen molar-refractivity contribution < 1.29 is 0 Å². The molecular formula is C17H24N6. The molecule has 0 amide bonds. The van der Waals surface area contributed by atoms with Crippen LogP contribution in [0.5, 0.6) is 0 Å². The van der Waals surface area contributed by atoms with Crippen molar-refractivity contribution in [2.24, 2.45) is 0 Å². The Morgan fingerprint density at radius 2 is 1.96 bits per heavy atom. The molecule has 122 valence electrons. The summed E-state index contributed by atoms with van der Waals surface area (Å²) in [5, 5.41) is 0. The lowest BCUT2D eigenvalue weighted by atomic mass is 10.0. The Morgan fingerprint density at radius 1 is 1.13 bits per heavy atom. The molecule has 0 aromatic carbocycles. The summed E-state index contributed by atoms with van der Waals surface area (Å²) in [6.07, 6.45) is 12.5. The van der Waals surface area contributed by atoms with Crippen molar-refractivity contribution in [3.63, 3.8) is 0 Å². The van der Waals surface area contributed by atoms with Gasteiger partial charge >= 0.3 is 0 Å². The maximum atomic E-state index is 4.57. The van der Waals surface area contributed by atoms with Gasteiger partial charge in [0.05, 0.1) is 6.54 Å². The summed E-state index contributed by atoms with van der Waals surface area (Å²) in [4.78, 5) is 17.8. The highest BCUT2D eigenvalue weighted by Gasteiger charge is 2.27. The Labute approximate surface area is 137 Å². The van der Waals surface area contributed by atoms with Gasteiger partial charge in [-0.3, -0.25) is 4.90 Å². The van der Waals surface area contributed by atoms with Crippen molar-refractivity contribution in [1.82, 2.24) is 24.4 Å². The van der Waals surface area contributed by atoms with Gasteiger partial charge in [0.2, 0.25) is 0 Å². The molecule has 2 fully saturated rings.